The summed E-state index contributed by atoms with van der Waals surface area (Å²) < 4.78 is 22.9. The molecule has 276 valence electrons. The third kappa shape index (κ3) is 25.3. The second kappa shape index (κ2) is 30.7. The Morgan fingerprint density at radius 3 is 1.51 bits per heavy atom. The number of thioether (sulfide) groups is 1. The Bertz CT molecular complexity index is 781. The van der Waals surface area contributed by atoms with E-state index in [-0.39, 0.29) is 25.2 Å². The van der Waals surface area contributed by atoms with Crippen LogP contribution in [0.25, 0.3) is 0 Å². The topological polar surface area (TPSA) is 91.4 Å². The number of esters is 2. The Morgan fingerprint density at radius 2 is 1.06 bits per heavy atom. The molecule has 0 aliphatic carbocycles. The number of unbranched alkanes of at least 4 members (excludes halogenated alkanes) is 20. The van der Waals surface area contributed by atoms with Crippen LogP contribution in [0, 0.1) is 0 Å². The molecule has 1 aliphatic rings. The average Bonchev–Trinajstić information content (AvgIpc) is 3.41. The van der Waals surface area contributed by atoms with E-state index in [1.54, 1.807) is 0 Å². The van der Waals surface area contributed by atoms with Gasteiger partial charge in [-0.15, -0.1) is 0 Å². The molecule has 0 N–H and O–H groups in total. The molecule has 0 aromatic rings. The normalized spacial score (nSPS) is 17.7. The molecule has 1 rings (SSSR count). The number of hydrogen-bond donors (Lipinski definition) is 0. The predicted molar refractivity (Wildman–Crippen MR) is 194 cm³/mol. The van der Waals surface area contributed by atoms with Gasteiger partial charge in [-0.1, -0.05) is 142 Å². The van der Waals surface area contributed by atoms with E-state index in [2.05, 4.69) is 13.8 Å². The molecular weight excluding hydrogens is 614 g/mol. The van der Waals surface area contributed by atoms with Crippen molar-refractivity contribution in [3.63, 3.8) is 0 Å². The summed E-state index contributed by atoms with van der Waals surface area (Å²) in [6.07, 6.45) is 25.2. The number of carbonyl (C=O) groups is 3. The highest BCUT2D eigenvalue weighted by Crippen LogP contribution is 2.24. The van der Waals surface area contributed by atoms with Crippen LogP contribution in [0.5, 0.6) is 0 Å². The van der Waals surface area contributed by atoms with Crippen molar-refractivity contribution in [2.45, 2.75) is 186 Å². The van der Waals surface area contributed by atoms with E-state index < -0.39 is 23.6 Å². The number of rotatable bonds is 31. The Kier molecular flexibility index (Phi) is 28.6. The van der Waals surface area contributed by atoms with Crippen LogP contribution in [-0.2, 0) is 28.5 Å². The number of ether oxygens (including phenoxy) is 4. The molecule has 0 aromatic carbocycles. The lowest BCUT2D eigenvalue weighted by atomic mass is 10.1. The number of hydrogen-bond acceptors (Lipinski definition) is 9. The standard InChI is InChI=1S/C38H71NO7S/c1-5-7-9-11-13-15-17-19-21-23-25-27-35(40)45-34-32-43-33(31-44-38(42)47-30-29-39(3)4)37(34)46-36(41)28-26-24-22-20-18-16-14-12-10-8-6-2/h33-34,37H,5-32H2,1-4H3/t33-,34+,37+/m1/s1. The Hall–Kier alpha value is -1.32. The first kappa shape index (κ1) is 43.7. The van der Waals surface area contributed by atoms with Crippen molar-refractivity contribution >= 4 is 29.0 Å². The van der Waals surface area contributed by atoms with Crippen molar-refractivity contribution in [1.82, 2.24) is 4.90 Å². The minimum absolute atomic E-state index is 0.0448. The van der Waals surface area contributed by atoms with E-state index in [4.69, 9.17) is 18.9 Å². The first-order chi connectivity index (χ1) is 22.9. The Balaban J connectivity index is 2.41. The van der Waals surface area contributed by atoms with Crippen LogP contribution < -0.4 is 0 Å². The average molecular weight is 686 g/mol. The lowest BCUT2D eigenvalue weighted by molar-refractivity contribution is -0.166. The summed E-state index contributed by atoms with van der Waals surface area (Å²) in [5.74, 6) is 0.00549. The zero-order valence-electron chi connectivity index (χ0n) is 30.7. The van der Waals surface area contributed by atoms with Crippen molar-refractivity contribution < 1.29 is 33.3 Å². The third-order valence-electron chi connectivity index (χ3n) is 8.85. The van der Waals surface area contributed by atoms with E-state index in [1.807, 2.05) is 19.0 Å². The first-order valence-electron chi connectivity index (χ1n) is 19.3. The molecule has 0 bridgehead atoms. The predicted octanol–water partition coefficient (Wildman–Crippen LogP) is 10.0. The van der Waals surface area contributed by atoms with Gasteiger partial charge in [0.25, 0.3) is 0 Å². The zero-order chi connectivity index (χ0) is 34.4. The van der Waals surface area contributed by atoms with E-state index in [0.29, 0.717) is 18.6 Å². The van der Waals surface area contributed by atoms with Gasteiger partial charge in [-0.2, -0.15) is 0 Å². The fraction of sp³-hybridized carbons (Fsp3) is 0.921. The molecule has 1 aliphatic heterocycles. The van der Waals surface area contributed by atoms with Gasteiger partial charge in [0.15, 0.2) is 12.2 Å². The first-order valence-corrected chi connectivity index (χ1v) is 20.3. The highest BCUT2D eigenvalue weighted by atomic mass is 32.2. The minimum Gasteiger partial charge on any atom is -0.456 e. The summed E-state index contributed by atoms with van der Waals surface area (Å²) in [5.41, 5.74) is 0. The molecule has 8 nitrogen and oxygen atoms in total. The molecule has 3 atom stereocenters. The minimum atomic E-state index is -0.781. The largest absolute Gasteiger partial charge is 0.456 e. The van der Waals surface area contributed by atoms with E-state index in [1.165, 1.54) is 103 Å². The quantitative estimate of drug-likeness (QED) is 0.0402. The monoisotopic (exact) mass is 685 g/mol. The Labute approximate surface area is 292 Å². The smallest absolute Gasteiger partial charge is 0.367 e. The maximum absolute atomic E-state index is 12.8. The van der Waals surface area contributed by atoms with E-state index in [9.17, 15) is 14.4 Å². The molecule has 1 fully saturated rings. The van der Waals surface area contributed by atoms with Gasteiger partial charge in [-0.25, -0.2) is 4.79 Å². The molecule has 0 aromatic heterocycles. The van der Waals surface area contributed by atoms with Gasteiger partial charge >= 0.3 is 17.2 Å². The maximum atomic E-state index is 12.8. The van der Waals surface area contributed by atoms with Crippen LogP contribution in [-0.4, -0.2) is 80.1 Å². The fourth-order valence-corrected chi connectivity index (χ4v) is 6.63. The van der Waals surface area contributed by atoms with Gasteiger partial charge in [0.1, 0.15) is 12.7 Å². The fourth-order valence-electron chi connectivity index (χ4n) is 5.85. The molecule has 47 heavy (non-hydrogen) atoms. The van der Waals surface area contributed by atoms with Crippen molar-refractivity contribution in [1.29, 1.82) is 0 Å². The van der Waals surface area contributed by atoms with Gasteiger partial charge in [0, 0.05) is 25.1 Å². The highest BCUT2D eigenvalue weighted by Gasteiger charge is 2.43. The SMILES string of the molecule is CCCCCCCCCCCCCC(=O)O[C@@H]1[C@@H](OC(=O)CCCCCCCCCCCCC)CO[C@@H]1COC(=O)SCCN(C)C. The number of carbonyl (C=O) groups excluding carboxylic acids is 3. The Morgan fingerprint density at radius 1 is 0.638 bits per heavy atom. The van der Waals surface area contributed by atoms with Crippen molar-refractivity contribution in [2.75, 3.05) is 39.6 Å². The molecule has 0 unspecified atom stereocenters. The van der Waals surface area contributed by atoms with Crippen LogP contribution in [0.4, 0.5) is 4.79 Å². The molecule has 0 radical (unpaired) electrons. The molecule has 0 spiro atoms. The maximum Gasteiger partial charge on any atom is 0.367 e. The molecule has 1 saturated heterocycles. The lowest BCUT2D eigenvalue weighted by Gasteiger charge is -2.23. The summed E-state index contributed by atoms with van der Waals surface area (Å²) in [7, 11) is 3.90. The van der Waals surface area contributed by atoms with Crippen LogP contribution in [0.15, 0.2) is 0 Å². The lowest BCUT2D eigenvalue weighted by Crippen LogP contribution is -2.40. The van der Waals surface area contributed by atoms with Crippen LogP contribution in [0.1, 0.15) is 168 Å². The van der Waals surface area contributed by atoms with Crippen molar-refractivity contribution in [3.8, 4) is 0 Å². The molecule has 0 amide bonds. The van der Waals surface area contributed by atoms with Gasteiger partial charge in [-0.3, -0.25) is 9.59 Å². The van der Waals surface area contributed by atoms with Crippen LogP contribution >= 0.6 is 11.8 Å². The number of nitrogens with zero attached hydrogens (tertiary/aromatic N) is 1. The molecular formula is C38H71NO7S. The van der Waals surface area contributed by atoms with Crippen LogP contribution in [0.3, 0.4) is 0 Å². The summed E-state index contributed by atoms with van der Waals surface area (Å²) in [4.78, 5) is 39.8. The highest BCUT2D eigenvalue weighted by molar-refractivity contribution is 8.13. The van der Waals surface area contributed by atoms with Crippen molar-refractivity contribution in [2.24, 2.45) is 0 Å². The second-order valence-corrected chi connectivity index (χ2v) is 14.7. The summed E-state index contributed by atoms with van der Waals surface area (Å²) in [6, 6.07) is 0. The second-order valence-electron chi connectivity index (χ2n) is 13.6. The van der Waals surface area contributed by atoms with Crippen molar-refractivity contribution in [3.05, 3.63) is 0 Å². The van der Waals surface area contributed by atoms with Gasteiger partial charge in [0.05, 0.1) is 6.61 Å². The van der Waals surface area contributed by atoms with E-state index >= 15 is 0 Å². The van der Waals surface area contributed by atoms with Crippen LogP contribution in [0.2, 0.25) is 0 Å². The van der Waals surface area contributed by atoms with Gasteiger partial charge in [0.2, 0.25) is 0 Å². The van der Waals surface area contributed by atoms with E-state index in [0.717, 1.165) is 56.8 Å². The molecule has 1 heterocycles. The van der Waals surface area contributed by atoms with Gasteiger partial charge in [-0.05, 0) is 38.7 Å². The molecule has 9 heteroatoms. The van der Waals surface area contributed by atoms with Gasteiger partial charge < -0.3 is 23.8 Å². The summed E-state index contributed by atoms with van der Waals surface area (Å²) >= 11 is 1.11. The third-order valence-corrected chi connectivity index (χ3v) is 9.59. The summed E-state index contributed by atoms with van der Waals surface area (Å²) in [5, 5.41) is -0.390. The molecule has 0 saturated carbocycles. The zero-order valence-corrected chi connectivity index (χ0v) is 31.6. The summed E-state index contributed by atoms with van der Waals surface area (Å²) in [6.45, 7) is 5.33.